The molecule has 2 aromatic heterocycles. The van der Waals surface area contributed by atoms with E-state index in [2.05, 4.69) is 4.98 Å². The van der Waals surface area contributed by atoms with E-state index in [1.807, 2.05) is 44.2 Å². The van der Waals surface area contributed by atoms with Gasteiger partial charge in [-0.2, -0.15) is 0 Å². The highest BCUT2D eigenvalue weighted by atomic mass is 32.1. The molecule has 0 saturated carbocycles. The molecular formula is C17H17N3O2S. The fourth-order valence-electron chi connectivity index (χ4n) is 2.43. The molecule has 3 aromatic rings. The van der Waals surface area contributed by atoms with Crippen LogP contribution >= 0.6 is 11.3 Å². The van der Waals surface area contributed by atoms with E-state index in [1.54, 1.807) is 11.9 Å². The molecule has 1 amide bonds. The van der Waals surface area contributed by atoms with Crippen LogP contribution < -0.4 is 10.5 Å². The summed E-state index contributed by atoms with van der Waals surface area (Å²) in [7, 11) is 1.70. The van der Waals surface area contributed by atoms with Crippen LogP contribution in [-0.4, -0.2) is 22.5 Å². The third-order valence-corrected chi connectivity index (χ3v) is 5.09. The van der Waals surface area contributed by atoms with Crippen LogP contribution in [0.5, 0.6) is 0 Å². The molecule has 0 aliphatic rings. The monoisotopic (exact) mass is 327 g/mol. The van der Waals surface area contributed by atoms with Crippen LogP contribution in [0, 0.1) is 13.8 Å². The van der Waals surface area contributed by atoms with Crippen molar-refractivity contribution in [2.24, 2.45) is 0 Å². The van der Waals surface area contributed by atoms with Gasteiger partial charge in [-0.15, -0.1) is 11.3 Å². The van der Waals surface area contributed by atoms with Crippen molar-refractivity contribution in [1.29, 1.82) is 0 Å². The van der Waals surface area contributed by atoms with Gasteiger partial charge in [-0.3, -0.25) is 14.2 Å². The van der Waals surface area contributed by atoms with Crippen LogP contribution in [0.3, 0.4) is 0 Å². The topological polar surface area (TPSA) is 55.2 Å². The summed E-state index contributed by atoms with van der Waals surface area (Å²) in [5, 5.41) is 0.616. The van der Waals surface area contributed by atoms with E-state index in [0.29, 0.717) is 5.39 Å². The number of rotatable bonds is 3. The van der Waals surface area contributed by atoms with E-state index in [4.69, 9.17) is 0 Å². The van der Waals surface area contributed by atoms with E-state index in [1.165, 1.54) is 22.2 Å². The molecule has 0 bridgehead atoms. The Labute approximate surface area is 137 Å². The summed E-state index contributed by atoms with van der Waals surface area (Å²) in [6.45, 7) is 3.86. The standard InChI is InChI=1S/C17H17N3O2S/c1-11-12(2)23-16-15(11)17(22)20(10-18-16)9-14(21)19(3)13-7-5-4-6-8-13/h4-8,10H,9H2,1-3H3. The first-order valence-electron chi connectivity index (χ1n) is 7.25. The zero-order chi connectivity index (χ0) is 16.6. The molecule has 0 spiro atoms. The zero-order valence-electron chi connectivity index (χ0n) is 13.2. The van der Waals surface area contributed by atoms with Crippen molar-refractivity contribution >= 4 is 33.1 Å². The lowest BCUT2D eigenvalue weighted by molar-refractivity contribution is -0.118. The Morgan fingerprint density at radius 3 is 2.65 bits per heavy atom. The van der Waals surface area contributed by atoms with E-state index >= 15 is 0 Å². The van der Waals surface area contributed by atoms with Crippen molar-refractivity contribution in [2.75, 3.05) is 11.9 Å². The molecule has 0 unspecified atom stereocenters. The average molecular weight is 327 g/mol. The summed E-state index contributed by atoms with van der Waals surface area (Å²) in [4.78, 5) is 32.7. The van der Waals surface area contributed by atoms with Crippen molar-refractivity contribution in [3.63, 3.8) is 0 Å². The van der Waals surface area contributed by atoms with Crippen molar-refractivity contribution in [1.82, 2.24) is 9.55 Å². The Morgan fingerprint density at radius 2 is 1.96 bits per heavy atom. The van der Waals surface area contributed by atoms with E-state index < -0.39 is 0 Å². The lowest BCUT2D eigenvalue weighted by Gasteiger charge is -2.17. The first kappa shape index (κ1) is 15.4. The number of hydrogen-bond donors (Lipinski definition) is 0. The Balaban J connectivity index is 1.93. The maximum Gasteiger partial charge on any atom is 0.262 e. The number of nitrogens with zero attached hydrogens (tertiary/aromatic N) is 3. The normalized spacial score (nSPS) is 10.9. The van der Waals surface area contributed by atoms with E-state index in [0.717, 1.165) is 21.0 Å². The van der Waals surface area contributed by atoms with Gasteiger partial charge in [0.05, 0.1) is 11.7 Å². The first-order valence-corrected chi connectivity index (χ1v) is 8.07. The zero-order valence-corrected chi connectivity index (χ0v) is 14.1. The molecule has 0 atom stereocenters. The molecule has 0 saturated heterocycles. The molecule has 23 heavy (non-hydrogen) atoms. The predicted molar refractivity (Wildman–Crippen MR) is 93.2 cm³/mol. The third-order valence-electron chi connectivity index (χ3n) is 3.98. The number of aromatic nitrogens is 2. The fraction of sp³-hybridized carbons (Fsp3) is 0.235. The van der Waals surface area contributed by atoms with Crippen LogP contribution in [-0.2, 0) is 11.3 Å². The molecule has 5 nitrogen and oxygen atoms in total. The smallest absolute Gasteiger partial charge is 0.262 e. The number of carbonyl (C=O) groups excluding carboxylic acids is 1. The van der Waals surface area contributed by atoms with Gasteiger partial charge < -0.3 is 4.90 Å². The summed E-state index contributed by atoms with van der Waals surface area (Å²) < 4.78 is 1.38. The van der Waals surface area contributed by atoms with Crippen molar-refractivity contribution in [2.45, 2.75) is 20.4 Å². The number of hydrogen-bond acceptors (Lipinski definition) is 4. The highest BCUT2D eigenvalue weighted by Gasteiger charge is 2.16. The van der Waals surface area contributed by atoms with Gasteiger partial charge in [-0.1, -0.05) is 18.2 Å². The minimum Gasteiger partial charge on any atom is -0.314 e. The van der Waals surface area contributed by atoms with Gasteiger partial charge in [0.25, 0.3) is 5.56 Å². The molecule has 2 heterocycles. The number of fused-ring (bicyclic) bond motifs is 1. The highest BCUT2D eigenvalue weighted by Crippen LogP contribution is 2.25. The Hall–Kier alpha value is -2.47. The lowest BCUT2D eigenvalue weighted by atomic mass is 10.2. The largest absolute Gasteiger partial charge is 0.314 e. The van der Waals surface area contributed by atoms with Crippen LogP contribution in [0.1, 0.15) is 10.4 Å². The van der Waals surface area contributed by atoms with Crippen molar-refractivity contribution in [3.8, 4) is 0 Å². The van der Waals surface area contributed by atoms with Gasteiger partial charge in [0.2, 0.25) is 5.91 Å². The average Bonchev–Trinajstić information content (AvgIpc) is 2.85. The lowest BCUT2D eigenvalue weighted by Crippen LogP contribution is -2.34. The second kappa shape index (κ2) is 5.96. The molecule has 3 rings (SSSR count). The van der Waals surface area contributed by atoms with E-state index in [-0.39, 0.29) is 18.0 Å². The summed E-state index contributed by atoms with van der Waals surface area (Å²) in [6, 6.07) is 9.35. The molecule has 0 aliphatic carbocycles. The molecule has 0 aliphatic heterocycles. The minimum atomic E-state index is -0.163. The Kier molecular flexibility index (Phi) is 4.00. The van der Waals surface area contributed by atoms with Gasteiger partial charge in [0.15, 0.2) is 0 Å². The number of para-hydroxylation sites is 1. The summed E-state index contributed by atoms with van der Waals surface area (Å²) in [5.41, 5.74) is 1.58. The summed E-state index contributed by atoms with van der Waals surface area (Å²) in [6.07, 6.45) is 1.46. The number of aryl methyl sites for hydroxylation is 2. The second-order valence-electron chi connectivity index (χ2n) is 5.43. The number of thiophene rings is 1. The van der Waals surface area contributed by atoms with Crippen LogP contribution in [0.4, 0.5) is 5.69 Å². The number of carbonyl (C=O) groups is 1. The maximum atomic E-state index is 12.6. The predicted octanol–water partition coefficient (Wildman–Crippen LogP) is 2.74. The number of amides is 1. The molecular weight excluding hydrogens is 310 g/mol. The summed E-state index contributed by atoms with van der Waals surface area (Å²) in [5.74, 6) is -0.163. The van der Waals surface area contributed by atoms with Crippen LogP contribution in [0.2, 0.25) is 0 Å². The second-order valence-corrected chi connectivity index (χ2v) is 6.63. The van der Waals surface area contributed by atoms with Crippen LogP contribution in [0.15, 0.2) is 41.5 Å². The third kappa shape index (κ3) is 2.77. The highest BCUT2D eigenvalue weighted by molar-refractivity contribution is 7.18. The van der Waals surface area contributed by atoms with Gasteiger partial charge in [-0.05, 0) is 31.5 Å². The minimum absolute atomic E-state index is 0.0263. The molecule has 6 heteroatoms. The quantitative estimate of drug-likeness (QED) is 0.743. The van der Waals surface area contributed by atoms with Crippen LogP contribution in [0.25, 0.3) is 10.2 Å². The molecule has 118 valence electrons. The van der Waals surface area contributed by atoms with Crippen molar-refractivity contribution < 1.29 is 4.79 Å². The van der Waals surface area contributed by atoms with Gasteiger partial charge in [-0.25, -0.2) is 4.98 Å². The SMILES string of the molecule is Cc1sc2ncn(CC(=O)N(C)c3ccccc3)c(=O)c2c1C. The van der Waals surface area contributed by atoms with E-state index in [9.17, 15) is 9.59 Å². The van der Waals surface area contributed by atoms with Gasteiger partial charge in [0, 0.05) is 17.6 Å². The van der Waals surface area contributed by atoms with Gasteiger partial charge >= 0.3 is 0 Å². The fourth-order valence-corrected chi connectivity index (χ4v) is 3.42. The molecule has 0 radical (unpaired) electrons. The summed E-state index contributed by atoms with van der Waals surface area (Å²) >= 11 is 1.50. The van der Waals surface area contributed by atoms with Gasteiger partial charge in [0.1, 0.15) is 11.4 Å². The number of benzene rings is 1. The molecule has 0 N–H and O–H groups in total. The number of anilines is 1. The maximum absolute atomic E-state index is 12.6. The van der Waals surface area contributed by atoms with Crippen molar-refractivity contribution in [3.05, 3.63) is 57.5 Å². The Morgan fingerprint density at radius 1 is 1.26 bits per heavy atom. The molecule has 1 aromatic carbocycles. The Bertz CT molecular complexity index is 928. The first-order chi connectivity index (χ1) is 11.0. The molecule has 0 fully saturated rings. The number of likely N-dealkylation sites (N-methyl/N-ethyl adjacent to an activating group) is 1.